The normalized spacial score (nSPS) is 14.2. The summed E-state index contributed by atoms with van der Waals surface area (Å²) in [6.45, 7) is 2.34. The van der Waals surface area contributed by atoms with E-state index in [1.807, 2.05) is 0 Å². The van der Waals surface area contributed by atoms with Crippen LogP contribution in [0.4, 0.5) is 11.4 Å². The summed E-state index contributed by atoms with van der Waals surface area (Å²) in [5.74, 6) is -0.404. The van der Waals surface area contributed by atoms with Crippen LogP contribution in [0.3, 0.4) is 0 Å². The number of aromatic carboxylic acids is 1. The molecule has 1 aromatic rings. The number of nitrogens with one attached hydrogen (secondary N) is 1. The van der Waals surface area contributed by atoms with Crippen LogP contribution >= 0.6 is 0 Å². The van der Waals surface area contributed by atoms with Crippen molar-refractivity contribution < 1.29 is 14.8 Å². The number of hydrogen-bond donors (Lipinski definition) is 2. The Bertz CT molecular complexity index is 524. The molecule has 102 valence electrons. The molecule has 1 aliphatic rings. The predicted octanol–water partition coefficient (Wildman–Crippen LogP) is 2.81. The molecule has 2 N–H and O–H groups in total. The van der Waals surface area contributed by atoms with Gasteiger partial charge in [-0.05, 0) is 25.3 Å². The maximum absolute atomic E-state index is 11.0. The first-order valence-corrected chi connectivity index (χ1v) is 6.25. The van der Waals surface area contributed by atoms with E-state index < -0.39 is 10.9 Å². The third-order valence-electron chi connectivity index (χ3n) is 3.39. The van der Waals surface area contributed by atoms with Crippen LogP contribution in [0.25, 0.3) is 0 Å². The lowest BCUT2D eigenvalue weighted by Gasteiger charge is -2.10. The lowest BCUT2D eigenvalue weighted by molar-refractivity contribution is -0.385. The van der Waals surface area contributed by atoms with Gasteiger partial charge >= 0.3 is 5.97 Å². The third kappa shape index (κ3) is 3.21. The van der Waals surface area contributed by atoms with Gasteiger partial charge in [0.15, 0.2) is 0 Å². The molecule has 1 saturated carbocycles. The van der Waals surface area contributed by atoms with Crippen molar-refractivity contribution in [1.29, 1.82) is 0 Å². The molecule has 0 unspecified atom stereocenters. The maximum atomic E-state index is 11.0. The minimum absolute atomic E-state index is 0.0637. The maximum Gasteiger partial charge on any atom is 0.336 e. The van der Waals surface area contributed by atoms with Crippen LogP contribution < -0.4 is 5.32 Å². The summed E-state index contributed by atoms with van der Waals surface area (Å²) in [4.78, 5) is 21.4. The van der Waals surface area contributed by atoms with Crippen molar-refractivity contribution in [2.45, 2.75) is 26.2 Å². The van der Waals surface area contributed by atoms with Crippen LogP contribution in [0.15, 0.2) is 12.1 Å². The molecule has 1 fully saturated rings. The van der Waals surface area contributed by atoms with Gasteiger partial charge in [0.1, 0.15) is 0 Å². The van der Waals surface area contributed by atoms with Gasteiger partial charge in [0.25, 0.3) is 5.69 Å². The molecule has 1 aliphatic carbocycles. The molecule has 0 spiro atoms. The summed E-state index contributed by atoms with van der Waals surface area (Å²) in [5.41, 5.74) is 0.790. The van der Waals surface area contributed by atoms with Crippen molar-refractivity contribution in [3.8, 4) is 0 Å². The standard InChI is InChI=1S/C13H16N2O4/c1-8-11(14-5-4-9-2-3-9)6-10(13(16)17)7-12(8)15(18)19/h6-7,9,14H,2-5H2,1H3,(H,16,17). The SMILES string of the molecule is Cc1c(NCCC2CC2)cc(C(=O)O)cc1[N+](=O)[O-]. The van der Waals surface area contributed by atoms with Crippen molar-refractivity contribution in [1.82, 2.24) is 0 Å². The Morgan fingerprint density at radius 2 is 2.21 bits per heavy atom. The number of rotatable bonds is 6. The quantitative estimate of drug-likeness (QED) is 0.608. The highest BCUT2D eigenvalue weighted by Gasteiger charge is 2.22. The highest BCUT2D eigenvalue weighted by molar-refractivity contribution is 5.90. The zero-order chi connectivity index (χ0) is 14.0. The Hall–Kier alpha value is -2.11. The molecule has 0 saturated heterocycles. The number of nitro groups is 1. The van der Waals surface area contributed by atoms with E-state index in [4.69, 9.17) is 5.11 Å². The molecule has 0 radical (unpaired) electrons. The number of carboxylic acids is 1. The van der Waals surface area contributed by atoms with E-state index in [1.54, 1.807) is 6.92 Å². The van der Waals surface area contributed by atoms with Crippen molar-refractivity contribution in [2.24, 2.45) is 5.92 Å². The third-order valence-corrected chi connectivity index (χ3v) is 3.39. The van der Waals surface area contributed by atoms with E-state index in [-0.39, 0.29) is 11.3 Å². The molecular formula is C13H16N2O4. The van der Waals surface area contributed by atoms with E-state index in [0.717, 1.165) is 18.4 Å². The molecular weight excluding hydrogens is 248 g/mol. The molecule has 0 atom stereocenters. The van der Waals surface area contributed by atoms with Crippen molar-refractivity contribution in [3.63, 3.8) is 0 Å². The molecule has 2 rings (SSSR count). The second-order valence-electron chi connectivity index (χ2n) is 4.89. The molecule has 1 aromatic carbocycles. The highest BCUT2D eigenvalue weighted by atomic mass is 16.6. The van der Waals surface area contributed by atoms with E-state index >= 15 is 0 Å². The Morgan fingerprint density at radius 1 is 1.53 bits per heavy atom. The Balaban J connectivity index is 2.22. The fourth-order valence-corrected chi connectivity index (χ4v) is 2.01. The number of carboxylic acid groups (broad SMARTS) is 1. The first-order valence-electron chi connectivity index (χ1n) is 6.25. The summed E-state index contributed by atoms with van der Waals surface area (Å²) in [6.07, 6.45) is 3.51. The second kappa shape index (κ2) is 5.26. The largest absolute Gasteiger partial charge is 0.478 e. The van der Waals surface area contributed by atoms with E-state index in [1.165, 1.54) is 18.9 Å². The van der Waals surface area contributed by atoms with Gasteiger partial charge in [-0.25, -0.2) is 4.79 Å². The average molecular weight is 264 g/mol. The molecule has 0 heterocycles. The van der Waals surface area contributed by atoms with E-state index in [0.29, 0.717) is 17.8 Å². The molecule has 0 aromatic heterocycles. The molecule has 0 aliphatic heterocycles. The number of hydrogen-bond acceptors (Lipinski definition) is 4. The lowest BCUT2D eigenvalue weighted by Crippen LogP contribution is -2.08. The summed E-state index contributed by atoms with van der Waals surface area (Å²) in [7, 11) is 0. The van der Waals surface area contributed by atoms with Gasteiger partial charge in [-0.2, -0.15) is 0 Å². The smallest absolute Gasteiger partial charge is 0.336 e. The van der Waals surface area contributed by atoms with Gasteiger partial charge in [0.2, 0.25) is 0 Å². The number of anilines is 1. The fourth-order valence-electron chi connectivity index (χ4n) is 2.01. The van der Waals surface area contributed by atoms with Crippen LogP contribution in [0.5, 0.6) is 0 Å². The lowest BCUT2D eigenvalue weighted by atomic mass is 10.1. The Morgan fingerprint density at radius 3 is 2.74 bits per heavy atom. The number of nitro benzene ring substituents is 1. The average Bonchev–Trinajstić information content (AvgIpc) is 3.14. The minimum Gasteiger partial charge on any atom is -0.478 e. The molecule has 6 heteroatoms. The van der Waals surface area contributed by atoms with Crippen LogP contribution in [-0.4, -0.2) is 22.5 Å². The molecule has 0 bridgehead atoms. The first-order chi connectivity index (χ1) is 8.99. The topological polar surface area (TPSA) is 92.5 Å². The summed E-state index contributed by atoms with van der Waals surface area (Å²) < 4.78 is 0. The van der Waals surface area contributed by atoms with Gasteiger partial charge in [0, 0.05) is 23.9 Å². The monoisotopic (exact) mass is 264 g/mol. The second-order valence-corrected chi connectivity index (χ2v) is 4.89. The summed E-state index contributed by atoms with van der Waals surface area (Å²) in [5, 5.41) is 23.0. The molecule has 6 nitrogen and oxygen atoms in total. The summed E-state index contributed by atoms with van der Waals surface area (Å²) in [6, 6.07) is 2.56. The van der Waals surface area contributed by atoms with Crippen molar-refractivity contribution in [3.05, 3.63) is 33.4 Å². The zero-order valence-corrected chi connectivity index (χ0v) is 10.7. The molecule has 19 heavy (non-hydrogen) atoms. The minimum atomic E-state index is -1.16. The van der Waals surface area contributed by atoms with Gasteiger partial charge in [-0.3, -0.25) is 10.1 Å². The summed E-state index contributed by atoms with van der Waals surface area (Å²) >= 11 is 0. The number of carbonyl (C=O) groups is 1. The van der Waals surface area contributed by atoms with Crippen LogP contribution in [0.1, 0.15) is 35.2 Å². The van der Waals surface area contributed by atoms with Gasteiger partial charge in [0.05, 0.1) is 10.5 Å². The zero-order valence-electron chi connectivity index (χ0n) is 10.7. The number of nitrogens with zero attached hydrogens (tertiary/aromatic N) is 1. The Labute approximate surface area is 110 Å². The van der Waals surface area contributed by atoms with Gasteiger partial charge in [-0.15, -0.1) is 0 Å². The first kappa shape index (κ1) is 13.3. The predicted molar refractivity (Wildman–Crippen MR) is 70.6 cm³/mol. The van der Waals surface area contributed by atoms with Crippen molar-refractivity contribution in [2.75, 3.05) is 11.9 Å². The van der Waals surface area contributed by atoms with Gasteiger partial charge < -0.3 is 10.4 Å². The fraction of sp³-hybridized carbons (Fsp3) is 0.462. The van der Waals surface area contributed by atoms with Gasteiger partial charge in [-0.1, -0.05) is 12.8 Å². The van der Waals surface area contributed by atoms with E-state index in [2.05, 4.69) is 5.32 Å². The van der Waals surface area contributed by atoms with Crippen LogP contribution in [0.2, 0.25) is 0 Å². The molecule has 0 amide bonds. The van der Waals surface area contributed by atoms with Crippen LogP contribution in [0, 0.1) is 23.0 Å². The number of benzene rings is 1. The highest BCUT2D eigenvalue weighted by Crippen LogP contribution is 2.33. The van der Waals surface area contributed by atoms with Crippen LogP contribution in [-0.2, 0) is 0 Å². The van der Waals surface area contributed by atoms with Crippen molar-refractivity contribution >= 4 is 17.3 Å². The van der Waals surface area contributed by atoms with E-state index in [9.17, 15) is 14.9 Å². The Kier molecular flexibility index (Phi) is 3.69.